The highest BCUT2D eigenvalue weighted by Crippen LogP contribution is 2.39. The molecule has 1 saturated heterocycles. The minimum atomic E-state index is -0.842. The molecular weight excluding hydrogens is 402 g/mol. The fraction of sp³-hybridized carbons (Fsp3) is 0.235. The number of aromatic hydroxyl groups is 2. The Bertz CT molecular complexity index is 1080. The van der Waals surface area contributed by atoms with Crippen LogP contribution in [0.2, 0.25) is 0 Å². The first-order chi connectivity index (χ1) is 13.9. The van der Waals surface area contributed by atoms with Gasteiger partial charge in [-0.25, -0.2) is 4.73 Å². The van der Waals surface area contributed by atoms with Gasteiger partial charge in [-0.3, -0.25) is 15.0 Å². The average Bonchev–Trinajstić information content (AvgIpc) is 3.21. The molecule has 0 bridgehead atoms. The highest BCUT2D eigenvalue weighted by molar-refractivity contribution is 7.99. The van der Waals surface area contributed by atoms with E-state index < -0.39 is 22.1 Å². The Morgan fingerprint density at radius 2 is 1.97 bits per heavy atom. The summed E-state index contributed by atoms with van der Waals surface area (Å²) in [5, 5.41) is 46.4. The molecule has 0 amide bonds. The van der Waals surface area contributed by atoms with E-state index in [1.54, 1.807) is 12.1 Å². The van der Waals surface area contributed by atoms with Gasteiger partial charge in [0.1, 0.15) is 0 Å². The lowest BCUT2D eigenvalue weighted by Gasteiger charge is -2.24. The molecule has 29 heavy (non-hydrogen) atoms. The third-order valence-corrected chi connectivity index (χ3v) is 5.38. The average molecular weight is 417 g/mol. The van der Waals surface area contributed by atoms with Crippen LogP contribution in [0.5, 0.6) is 11.5 Å². The molecule has 11 nitrogen and oxygen atoms in total. The van der Waals surface area contributed by atoms with Crippen LogP contribution in [0.4, 0.5) is 11.5 Å². The molecular formula is C17H15N5O6S. The van der Waals surface area contributed by atoms with Crippen LogP contribution in [0, 0.1) is 15.3 Å². The summed E-state index contributed by atoms with van der Waals surface area (Å²) in [6.07, 6.45) is 1.36. The van der Waals surface area contributed by atoms with Gasteiger partial charge in [0.15, 0.2) is 5.75 Å². The summed E-state index contributed by atoms with van der Waals surface area (Å²) < 4.78 is 5.95. The normalized spacial score (nSPS) is 14.1. The molecule has 12 heteroatoms. The molecule has 3 aromatic rings. The van der Waals surface area contributed by atoms with Gasteiger partial charge in [0, 0.05) is 29.2 Å². The van der Waals surface area contributed by atoms with Crippen LogP contribution in [0.1, 0.15) is 0 Å². The minimum Gasteiger partial charge on any atom is -0.711 e. The monoisotopic (exact) mass is 417 g/mol. The van der Waals surface area contributed by atoms with Crippen molar-refractivity contribution in [1.29, 1.82) is 0 Å². The van der Waals surface area contributed by atoms with E-state index in [-0.39, 0.29) is 17.3 Å². The van der Waals surface area contributed by atoms with Crippen molar-refractivity contribution >= 4 is 23.3 Å². The van der Waals surface area contributed by atoms with Crippen LogP contribution in [-0.4, -0.2) is 49.9 Å². The zero-order chi connectivity index (χ0) is 20.5. The summed E-state index contributed by atoms with van der Waals surface area (Å²) >= 11 is 1.83. The number of thioether (sulfide) groups is 1. The number of pyridine rings is 1. The SMILES string of the molecule is O=[N+]([O-])c1cc(-c2nc(-c3cc[n+]([O-])c(N4CCSCC4)c3)no2)cc(O)c1O. The highest BCUT2D eigenvalue weighted by Gasteiger charge is 2.24. The molecule has 1 aromatic carbocycles. The number of phenolic OH excluding ortho intramolecular Hbond substituents is 2. The van der Waals surface area contributed by atoms with Crippen molar-refractivity contribution in [1.82, 2.24) is 10.1 Å². The lowest BCUT2D eigenvalue weighted by molar-refractivity contribution is -0.592. The van der Waals surface area contributed by atoms with Crippen molar-refractivity contribution in [3.63, 3.8) is 0 Å². The Kier molecular flexibility index (Phi) is 4.84. The first-order valence-electron chi connectivity index (χ1n) is 8.55. The first kappa shape index (κ1) is 18.8. The van der Waals surface area contributed by atoms with Crippen LogP contribution in [0.3, 0.4) is 0 Å². The molecule has 0 saturated carbocycles. The van der Waals surface area contributed by atoms with Crippen molar-refractivity contribution in [3.8, 4) is 34.3 Å². The van der Waals surface area contributed by atoms with E-state index in [4.69, 9.17) is 4.52 Å². The summed E-state index contributed by atoms with van der Waals surface area (Å²) in [4.78, 5) is 16.4. The second-order valence-corrected chi connectivity index (χ2v) is 7.47. The van der Waals surface area contributed by atoms with Crippen LogP contribution in [-0.2, 0) is 0 Å². The van der Waals surface area contributed by atoms with E-state index in [9.17, 15) is 25.5 Å². The molecule has 0 atom stereocenters. The predicted octanol–water partition coefficient (Wildman–Crippen LogP) is 1.91. The van der Waals surface area contributed by atoms with Crippen LogP contribution < -0.4 is 9.63 Å². The molecule has 1 aliphatic heterocycles. The zero-order valence-electron chi connectivity index (χ0n) is 14.9. The molecule has 3 heterocycles. The zero-order valence-corrected chi connectivity index (χ0v) is 15.7. The summed E-state index contributed by atoms with van der Waals surface area (Å²) in [7, 11) is 0. The Balaban J connectivity index is 1.69. The number of hydrogen-bond acceptors (Lipinski definition) is 10. The lowest BCUT2D eigenvalue weighted by Crippen LogP contribution is -2.42. The van der Waals surface area contributed by atoms with Gasteiger partial charge < -0.3 is 19.9 Å². The van der Waals surface area contributed by atoms with E-state index in [0.29, 0.717) is 11.4 Å². The van der Waals surface area contributed by atoms with Gasteiger partial charge in [0.2, 0.25) is 11.6 Å². The van der Waals surface area contributed by atoms with Crippen molar-refractivity contribution in [2.75, 3.05) is 29.5 Å². The van der Waals surface area contributed by atoms with E-state index in [1.807, 2.05) is 16.7 Å². The summed E-state index contributed by atoms with van der Waals surface area (Å²) in [5.74, 6) is 0.931. The highest BCUT2D eigenvalue weighted by atomic mass is 32.2. The lowest BCUT2D eigenvalue weighted by atomic mass is 10.1. The maximum atomic E-state index is 12.2. The van der Waals surface area contributed by atoms with E-state index >= 15 is 0 Å². The van der Waals surface area contributed by atoms with Gasteiger partial charge in [-0.05, 0) is 12.1 Å². The van der Waals surface area contributed by atoms with Gasteiger partial charge >= 0.3 is 5.69 Å². The van der Waals surface area contributed by atoms with E-state index in [2.05, 4.69) is 10.1 Å². The topological polar surface area (TPSA) is 153 Å². The first-order valence-corrected chi connectivity index (χ1v) is 9.70. The number of rotatable bonds is 4. The molecule has 1 aliphatic rings. The Hall–Kier alpha value is -3.54. The van der Waals surface area contributed by atoms with Gasteiger partial charge in [0.25, 0.3) is 11.7 Å². The molecule has 0 aliphatic carbocycles. The smallest absolute Gasteiger partial charge is 0.315 e. The third-order valence-electron chi connectivity index (χ3n) is 4.43. The van der Waals surface area contributed by atoms with Crippen LogP contribution >= 0.6 is 11.8 Å². The Morgan fingerprint density at radius 1 is 1.21 bits per heavy atom. The molecule has 0 spiro atoms. The van der Waals surface area contributed by atoms with Gasteiger partial charge in [-0.2, -0.15) is 16.7 Å². The van der Waals surface area contributed by atoms with Gasteiger partial charge in [0.05, 0.1) is 29.8 Å². The van der Waals surface area contributed by atoms with Crippen molar-refractivity contribution in [2.24, 2.45) is 0 Å². The summed E-state index contributed by atoms with van der Waals surface area (Å²) in [6, 6.07) is 5.32. The van der Waals surface area contributed by atoms with Gasteiger partial charge in [-0.15, -0.1) is 0 Å². The maximum absolute atomic E-state index is 12.2. The van der Waals surface area contributed by atoms with Crippen molar-refractivity contribution in [3.05, 3.63) is 45.8 Å². The van der Waals surface area contributed by atoms with Crippen LogP contribution in [0.15, 0.2) is 35.0 Å². The third kappa shape index (κ3) is 3.61. The molecule has 150 valence electrons. The standard InChI is InChI=1S/C17H15N5O6S/c23-13-8-11(7-12(15(13)24)22(26)27)17-18-16(19-28-17)10-1-2-21(25)14(9-10)20-3-5-29-6-4-20/h1-2,7-9,23-24H,3-6H2. The second-order valence-electron chi connectivity index (χ2n) is 6.24. The Morgan fingerprint density at radius 3 is 2.69 bits per heavy atom. The van der Waals surface area contributed by atoms with Crippen molar-refractivity contribution < 1.29 is 24.4 Å². The number of benzene rings is 1. The summed E-state index contributed by atoms with van der Waals surface area (Å²) in [5.41, 5.74) is -0.0659. The molecule has 0 radical (unpaired) electrons. The number of hydrogen-bond donors (Lipinski definition) is 2. The quantitative estimate of drug-likeness (QED) is 0.212. The fourth-order valence-corrected chi connectivity index (χ4v) is 3.87. The Labute approximate surface area is 167 Å². The predicted molar refractivity (Wildman–Crippen MR) is 104 cm³/mol. The minimum absolute atomic E-state index is 0.0758. The van der Waals surface area contributed by atoms with E-state index in [0.717, 1.165) is 41.5 Å². The number of phenols is 2. The molecule has 4 rings (SSSR count). The van der Waals surface area contributed by atoms with E-state index in [1.165, 1.54) is 6.20 Å². The van der Waals surface area contributed by atoms with Crippen LogP contribution in [0.25, 0.3) is 22.8 Å². The number of nitro benzene ring substituents is 1. The number of nitro groups is 1. The largest absolute Gasteiger partial charge is 0.711 e. The summed E-state index contributed by atoms with van der Waals surface area (Å²) in [6.45, 7) is 1.51. The van der Waals surface area contributed by atoms with Gasteiger partial charge in [-0.1, -0.05) is 5.16 Å². The second kappa shape index (κ2) is 7.47. The molecule has 1 fully saturated rings. The fourth-order valence-electron chi connectivity index (χ4n) is 2.96. The number of aromatic nitrogens is 3. The number of nitrogens with zero attached hydrogens (tertiary/aromatic N) is 5. The molecule has 2 aromatic heterocycles. The van der Waals surface area contributed by atoms with Crippen molar-refractivity contribution in [2.45, 2.75) is 0 Å². The molecule has 0 unspecified atom stereocenters. The maximum Gasteiger partial charge on any atom is 0.315 e. The number of anilines is 1. The molecule has 2 N–H and O–H groups in total.